The van der Waals surface area contributed by atoms with E-state index in [2.05, 4.69) is 41.6 Å². The van der Waals surface area contributed by atoms with Crippen LogP contribution in [0.4, 0.5) is 5.69 Å². The summed E-state index contributed by atoms with van der Waals surface area (Å²) in [7, 11) is 3.09. The largest absolute Gasteiger partial charge is 0.501 e. The van der Waals surface area contributed by atoms with E-state index in [1.54, 1.807) is 38.2 Å². The number of anilines is 1. The predicted octanol–water partition coefficient (Wildman–Crippen LogP) is 1.06. The number of carbonyl (C=O) groups excluding carboxylic acids is 1. The van der Waals surface area contributed by atoms with E-state index in [-0.39, 0.29) is 11.5 Å². The third kappa shape index (κ3) is 3.88. The second-order valence-corrected chi connectivity index (χ2v) is 7.52. The maximum Gasteiger partial charge on any atom is 0.296 e. The molecule has 0 saturated heterocycles. The lowest BCUT2D eigenvalue weighted by atomic mass is 9.83. The SMILES string of the molecule is C[C@H](c1nc(C(=O)Nc2cnoc2)c(O)c(=O)n1C)[C@@H](c1ccccc1C#N)c1nnnn1C. The van der Waals surface area contributed by atoms with Gasteiger partial charge in [-0.3, -0.25) is 14.2 Å². The highest BCUT2D eigenvalue weighted by molar-refractivity contribution is 6.04. The Morgan fingerprint density at radius 2 is 2.03 bits per heavy atom. The smallest absolute Gasteiger partial charge is 0.296 e. The number of nitriles is 1. The van der Waals surface area contributed by atoms with Crippen LogP contribution < -0.4 is 10.9 Å². The Bertz CT molecular complexity index is 1450. The van der Waals surface area contributed by atoms with Crippen LogP contribution in [0.2, 0.25) is 0 Å². The Morgan fingerprint density at radius 1 is 1.26 bits per heavy atom. The average Bonchev–Trinajstić information content (AvgIpc) is 3.50. The van der Waals surface area contributed by atoms with Gasteiger partial charge in [0.15, 0.2) is 11.5 Å². The van der Waals surface area contributed by atoms with E-state index in [0.717, 1.165) is 4.57 Å². The molecule has 0 saturated carbocycles. The summed E-state index contributed by atoms with van der Waals surface area (Å²) in [4.78, 5) is 29.9. The van der Waals surface area contributed by atoms with Crippen LogP contribution in [0.3, 0.4) is 0 Å². The van der Waals surface area contributed by atoms with Crippen molar-refractivity contribution in [1.82, 2.24) is 34.9 Å². The first-order chi connectivity index (χ1) is 16.3. The number of aryl methyl sites for hydroxylation is 1. The van der Waals surface area contributed by atoms with E-state index < -0.39 is 34.7 Å². The van der Waals surface area contributed by atoms with Crippen molar-refractivity contribution in [3.05, 3.63) is 75.5 Å². The highest BCUT2D eigenvalue weighted by atomic mass is 16.5. The number of hydrogen-bond acceptors (Lipinski definition) is 10. The lowest BCUT2D eigenvalue weighted by Gasteiger charge is -2.25. The minimum Gasteiger partial charge on any atom is -0.501 e. The summed E-state index contributed by atoms with van der Waals surface area (Å²) in [5.74, 6) is -2.22. The molecule has 4 rings (SSSR count). The van der Waals surface area contributed by atoms with Gasteiger partial charge in [-0.15, -0.1) is 5.10 Å². The lowest BCUT2D eigenvalue weighted by molar-refractivity contribution is 0.101. The van der Waals surface area contributed by atoms with Gasteiger partial charge in [0.2, 0.25) is 5.75 Å². The molecule has 172 valence electrons. The van der Waals surface area contributed by atoms with Crippen molar-refractivity contribution in [2.24, 2.45) is 14.1 Å². The minimum absolute atomic E-state index is 0.180. The fourth-order valence-corrected chi connectivity index (χ4v) is 3.78. The molecule has 4 aromatic rings. The van der Waals surface area contributed by atoms with Crippen LogP contribution in [0.5, 0.6) is 5.75 Å². The van der Waals surface area contributed by atoms with Crippen LogP contribution in [-0.4, -0.2) is 45.9 Å². The number of hydrogen-bond donors (Lipinski definition) is 2. The second-order valence-electron chi connectivity index (χ2n) is 7.52. The van der Waals surface area contributed by atoms with Crippen molar-refractivity contribution >= 4 is 11.6 Å². The molecule has 34 heavy (non-hydrogen) atoms. The Hall–Kier alpha value is -4.86. The molecule has 0 unspecified atom stereocenters. The summed E-state index contributed by atoms with van der Waals surface area (Å²) in [5.41, 5.74) is -0.0255. The van der Waals surface area contributed by atoms with E-state index >= 15 is 0 Å². The average molecular weight is 461 g/mol. The third-order valence-electron chi connectivity index (χ3n) is 5.46. The van der Waals surface area contributed by atoms with Gasteiger partial charge in [-0.05, 0) is 22.1 Å². The normalized spacial score (nSPS) is 12.6. The Morgan fingerprint density at radius 3 is 2.68 bits per heavy atom. The number of tetrazole rings is 1. The summed E-state index contributed by atoms with van der Waals surface area (Å²) in [6.07, 6.45) is 2.45. The van der Waals surface area contributed by atoms with Gasteiger partial charge in [-0.2, -0.15) is 5.26 Å². The quantitative estimate of drug-likeness (QED) is 0.422. The van der Waals surface area contributed by atoms with Crippen molar-refractivity contribution < 1.29 is 14.4 Å². The van der Waals surface area contributed by atoms with Gasteiger partial charge in [0, 0.05) is 20.0 Å². The van der Waals surface area contributed by atoms with E-state index in [1.165, 1.54) is 24.2 Å². The summed E-state index contributed by atoms with van der Waals surface area (Å²) in [5, 5.41) is 37.7. The third-order valence-corrected chi connectivity index (χ3v) is 5.46. The predicted molar refractivity (Wildman–Crippen MR) is 116 cm³/mol. The molecule has 1 aromatic carbocycles. The topological polar surface area (TPSA) is 178 Å². The van der Waals surface area contributed by atoms with Crippen molar-refractivity contribution in [1.29, 1.82) is 5.26 Å². The molecule has 1 amide bonds. The van der Waals surface area contributed by atoms with Gasteiger partial charge >= 0.3 is 0 Å². The van der Waals surface area contributed by atoms with Crippen molar-refractivity contribution in [3.63, 3.8) is 0 Å². The first kappa shape index (κ1) is 22.3. The molecule has 3 aromatic heterocycles. The molecular weight excluding hydrogens is 442 g/mol. The van der Waals surface area contributed by atoms with Gasteiger partial charge in [-0.1, -0.05) is 30.3 Å². The number of aromatic nitrogens is 7. The number of amides is 1. The molecule has 0 fully saturated rings. The van der Waals surface area contributed by atoms with Gasteiger partial charge in [-0.25, -0.2) is 9.67 Å². The van der Waals surface area contributed by atoms with E-state index in [1.807, 2.05) is 0 Å². The van der Waals surface area contributed by atoms with Crippen LogP contribution in [-0.2, 0) is 14.1 Å². The molecule has 0 aliphatic heterocycles. The van der Waals surface area contributed by atoms with Crippen LogP contribution >= 0.6 is 0 Å². The van der Waals surface area contributed by atoms with Crippen molar-refractivity contribution in [2.45, 2.75) is 18.8 Å². The maximum absolute atomic E-state index is 12.8. The monoisotopic (exact) mass is 461 g/mol. The molecule has 0 radical (unpaired) electrons. The first-order valence-electron chi connectivity index (χ1n) is 10.0. The fourth-order valence-electron chi connectivity index (χ4n) is 3.78. The zero-order valence-electron chi connectivity index (χ0n) is 18.4. The van der Waals surface area contributed by atoms with Crippen LogP contribution in [0, 0.1) is 11.3 Å². The van der Waals surface area contributed by atoms with Crippen LogP contribution in [0.15, 0.2) is 46.0 Å². The molecule has 13 nitrogen and oxygen atoms in total. The van der Waals surface area contributed by atoms with E-state index in [9.17, 15) is 20.0 Å². The fraction of sp³-hybridized carbons (Fsp3) is 0.238. The summed E-state index contributed by atoms with van der Waals surface area (Å²) in [6.45, 7) is 1.77. The molecule has 3 heterocycles. The second kappa shape index (κ2) is 8.94. The number of carbonyl (C=O) groups is 1. The number of benzene rings is 1. The van der Waals surface area contributed by atoms with Gasteiger partial charge in [0.1, 0.15) is 17.8 Å². The zero-order valence-corrected chi connectivity index (χ0v) is 18.4. The lowest BCUT2D eigenvalue weighted by Crippen LogP contribution is -2.30. The summed E-state index contributed by atoms with van der Waals surface area (Å²) >= 11 is 0. The van der Waals surface area contributed by atoms with E-state index in [0.29, 0.717) is 17.0 Å². The number of nitrogens with zero attached hydrogens (tertiary/aromatic N) is 8. The molecule has 0 aliphatic rings. The standard InChI is InChI=1S/C21H19N9O4/c1-11(15(19-26-27-28-30(19)3)14-7-5-4-6-12(14)8-22)18-25-16(17(31)21(33)29(18)2)20(32)24-13-9-23-34-10-13/h4-7,9-11,15,31H,1-3H3,(H,24,32)/t11-,15-/m0/s1. The van der Waals surface area contributed by atoms with Crippen molar-refractivity contribution in [2.75, 3.05) is 5.32 Å². The Kier molecular flexibility index (Phi) is 5.88. The van der Waals surface area contributed by atoms with Gasteiger partial charge < -0.3 is 14.9 Å². The summed E-state index contributed by atoms with van der Waals surface area (Å²) < 4.78 is 7.30. The Labute approximate surface area is 192 Å². The van der Waals surface area contributed by atoms with Crippen molar-refractivity contribution in [3.8, 4) is 11.8 Å². The van der Waals surface area contributed by atoms with E-state index in [4.69, 9.17) is 0 Å². The minimum atomic E-state index is -0.818. The summed E-state index contributed by atoms with van der Waals surface area (Å²) in [6, 6.07) is 9.12. The van der Waals surface area contributed by atoms with Crippen LogP contribution in [0.25, 0.3) is 0 Å². The maximum atomic E-state index is 12.8. The molecule has 2 atom stereocenters. The highest BCUT2D eigenvalue weighted by Gasteiger charge is 2.33. The Balaban J connectivity index is 1.87. The molecule has 13 heteroatoms. The molecule has 0 bridgehead atoms. The first-order valence-corrected chi connectivity index (χ1v) is 10.0. The molecule has 0 aliphatic carbocycles. The van der Waals surface area contributed by atoms with Gasteiger partial charge in [0.05, 0.1) is 23.7 Å². The highest BCUT2D eigenvalue weighted by Crippen LogP contribution is 2.37. The molecular formula is C21H19N9O4. The van der Waals surface area contributed by atoms with Crippen LogP contribution in [0.1, 0.15) is 52.0 Å². The van der Waals surface area contributed by atoms with Gasteiger partial charge in [0.25, 0.3) is 11.5 Å². The number of aromatic hydroxyl groups is 1. The molecule has 2 N–H and O–H groups in total. The number of nitrogens with one attached hydrogen (secondary N) is 1. The number of rotatable bonds is 6. The molecule has 0 spiro atoms. The zero-order chi connectivity index (χ0) is 24.4.